The molecular formula is C12H14N2O2. The van der Waals surface area contributed by atoms with Gasteiger partial charge in [-0.15, -0.1) is 0 Å². The first-order valence-electron chi connectivity index (χ1n) is 4.93. The Morgan fingerprint density at radius 2 is 1.88 bits per heavy atom. The molecule has 0 fully saturated rings. The van der Waals surface area contributed by atoms with Gasteiger partial charge in [-0.25, -0.2) is 4.79 Å². The molecule has 4 nitrogen and oxygen atoms in total. The standard InChI is InChI=1S/C12H14N2O2/c1-12(2,3)16-11(15)10-6-4-9(5-7-10)8-14-13/h4-8H,1-3H3. The molecule has 16 heavy (non-hydrogen) atoms. The van der Waals surface area contributed by atoms with E-state index in [4.69, 9.17) is 10.3 Å². The highest BCUT2D eigenvalue weighted by Crippen LogP contribution is 2.12. The molecule has 0 unspecified atom stereocenters. The lowest BCUT2D eigenvalue weighted by Crippen LogP contribution is -2.23. The first-order valence-corrected chi connectivity index (χ1v) is 4.93. The zero-order valence-electron chi connectivity index (χ0n) is 9.60. The van der Waals surface area contributed by atoms with E-state index in [1.54, 1.807) is 24.3 Å². The predicted molar refractivity (Wildman–Crippen MR) is 60.4 cm³/mol. The third-order valence-electron chi connectivity index (χ3n) is 1.75. The van der Waals surface area contributed by atoms with Crippen LogP contribution in [-0.4, -0.2) is 22.6 Å². The van der Waals surface area contributed by atoms with Crippen LogP contribution < -0.4 is 0 Å². The molecular weight excluding hydrogens is 204 g/mol. The minimum Gasteiger partial charge on any atom is -0.456 e. The highest BCUT2D eigenvalue weighted by molar-refractivity contribution is 5.90. The van der Waals surface area contributed by atoms with Crippen LogP contribution in [-0.2, 0) is 4.74 Å². The minimum atomic E-state index is -0.498. The summed E-state index contributed by atoms with van der Waals surface area (Å²) in [6.07, 6.45) is 1.29. The van der Waals surface area contributed by atoms with Gasteiger partial charge in [-0.1, -0.05) is 0 Å². The fourth-order valence-corrected chi connectivity index (χ4v) is 1.11. The number of ether oxygens (including phenoxy) is 1. The van der Waals surface area contributed by atoms with E-state index in [9.17, 15) is 4.79 Å². The van der Waals surface area contributed by atoms with Crippen LogP contribution in [0.2, 0.25) is 0 Å². The van der Waals surface area contributed by atoms with E-state index in [0.29, 0.717) is 5.56 Å². The molecule has 0 amide bonds. The van der Waals surface area contributed by atoms with Crippen molar-refractivity contribution in [3.05, 3.63) is 40.9 Å². The van der Waals surface area contributed by atoms with Crippen LogP contribution in [0, 0.1) is 0 Å². The van der Waals surface area contributed by atoms with Crippen LogP contribution in [0.1, 0.15) is 36.7 Å². The van der Waals surface area contributed by atoms with Gasteiger partial charge >= 0.3 is 5.97 Å². The molecule has 0 spiro atoms. The van der Waals surface area contributed by atoms with Gasteiger partial charge in [0.25, 0.3) is 6.21 Å². The second-order valence-electron chi connectivity index (χ2n) is 4.37. The van der Waals surface area contributed by atoms with Crippen LogP contribution in [0.25, 0.3) is 5.53 Å². The molecule has 0 N–H and O–H groups in total. The maximum absolute atomic E-state index is 11.6. The number of carbonyl (C=O) groups excluding carboxylic acids is 1. The number of hydrogen-bond donors (Lipinski definition) is 0. The highest BCUT2D eigenvalue weighted by atomic mass is 16.6. The summed E-state index contributed by atoms with van der Waals surface area (Å²) in [5.41, 5.74) is 9.03. The summed E-state index contributed by atoms with van der Waals surface area (Å²) >= 11 is 0. The Hall–Kier alpha value is -1.93. The van der Waals surface area contributed by atoms with Gasteiger partial charge in [0.05, 0.1) is 11.1 Å². The van der Waals surface area contributed by atoms with E-state index in [1.807, 2.05) is 20.8 Å². The number of esters is 1. The van der Waals surface area contributed by atoms with E-state index < -0.39 is 5.60 Å². The molecule has 0 heterocycles. The third-order valence-corrected chi connectivity index (χ3v) is 1.75. The zero-order chi connectivity index (χ0) is 12.2. The van der Waals surface area contributed by atoms with Crippen LogP contribution in [0.15, 0.2) is 24.3 Å². The Balaban J connectivity index is 2.82. The molecule has 0 saturated heterocycles. The molecule has 4 heteroatoms. The molecule has 1 rings (SSSR count). The molecule has 0 saturated carbocycles. The molecule has 0 radical (unpaired) electrons. The summed E-state index contributed by atoms with van der Waals surface area (Å²) in [5, 5.41) is 0. The molecule has 1 aromatic carbocycles. The summed E-state index contributed by atoms with van der Waals surface area (Å²) in [5.74, 6) is -0.361. The summed E-state index contributed by atoms with van der Waals surface area (Å²) in [6, 6.07) is 6.62. The molecule has 0 aliphatic rings. The second-order valence-corrected chi connectivity index (χ2v) is 4.37. The average molecular weight is 218 g/mol. The summed E-state index contributed by atoms with van der Waals surface area (Å²) in [7, 11) is 0. The Kier molecular flexibility index (Phi) is 3.59. The Bertz CT molecular complexity index is 423. The normalized spacial score (nSPS) is 10.4. The predicted octanol–water partition coefficient (Wildman–Crippen LogP) is 2.29. The van der Waals surface area contributed by atoms with Gasteiger partial charge in [-0.05, 0) is 45.0 Å². The van der Waals surface area contributed by atoms with Crippen LogP contribution in [0.3, 0.4) is 0 Å². The lowest BCUT2D eigenvalue weighted by atomic mass is 10.1. The molecule has 0 aromatic heterocycles. The number of hydrogen-bond acceptors (Lipinski definition) is 2. The van der Waals surface area contributed by atoms with Gasteiger partial charge in [-0.3, -0.25) is 0 Å². The minimum absolute atomic E-state index is 0.361. The fourth-order valence-electron chi connectivity index (χ4n) is 1.11. The van der Waals surface area contributed by atoms with Crippen molar-refractivity contribution >= 4 is 12.2 Å². The topological polar surface area (TPSA) is 62.7 Å². The first-order chi connectivity index (χ1) is 7.42. The fraction of sp³-hybridized carbons (Fsp3) is 0.333. The van der Waals surface area contributed by atoms with E-state index in [2.05, 4.69) is 4.79 Å². The maximum atomic E-state index is 11.6. The largest absolute Gasteiger partial charge is 0.456 e. The van der Waals surface area contributed by atoms with Gasteiger partial charge in [0.1, 0.15) is 5.60 Å². The van der Waals surface area contributed by atoms with Gasteiger partial charge < -0.3 is 10.3 Å². The van der Waals surface area contributed by atoms with Crippen molar-refractivity contribution in [1.29, 1.82) is 0 Å². The summed E-state index contributed by atoms with van der Waals surface area (Å²) in [6.45, 7) is 5.45. The monoisotopic (exact) mass is 218 g/mol. The van der Waals surface area contributed by atoms with Crippen molar-refractivity contribution in [3.63, 3.8) is 0 Å². The van der Waals surface area contributed by atoms with Crippen molar-refractivity contribution in [2.45, 2.75) is 26.4 Å². The molecule has 84 valence electrons. The summed E-state index contributed by atoms with van der Waals surface area (Å²) in [4.78, 5) is 14.5. The van der Waals surface area contributed by atoms with Crippen molar-refractivity contribution in [3.8, 4) is 0 Å². The lowest BCUT2D eigenvalue weighted by molar-refractivity contribution is 0.00416. The van der Waals surface area contributed by atoms with Crippen LogP contribution in [0.5, 0.6) is 0 Å². The van der Waals surface area contributed by atoms with Gasteiger partial charge in [0.2, 0.25) is 0 Å². The van der Waals surface area contributed by atoms with Crippen molar-refractivity contribution in [2.24, 2.45) is 0 Å². The zero-order valence-corrected chi connectivity index (χ0v) is 9.60. The molecule has 0 bridgehead atoms. The van der Waals surface area contributed by atoms with Gasteiger partial charge in [0, 0.05) is 0 Å². The number of nitrogens with zero attached hydrogens (tertiary/aromatic N) is 2. The number of benzene rings is 1. The van der Waals surface area contributed by atoms with Crippen molar-refractivity contribution < 1.29 is 14.3 Å². The highest BCUT2D eigenvalue weighted by Gasteiger charge is 2.17. The second kappa shape index (κ2) is 4.73. The van der Waals surface area contributed by atoms with E-state index >= 15 is 0 Å². The van der Waals surface area contributed by atoms with Gasteiger partial charge in [0.15, 0.2) is 0 Å². The Morgan fingerprint density at radius 3 is 2.31 bits per heavy atom. The molecule has 0 aliphatic carbocycles. The quantitative estimate of drug-likeness (QED) is 0.331. The number of rotatable bonds is 2. The smallest absolute Gasteiger partial charge is 0.338 e. The SMILES string of the molecule is CC(C)(C)OC(=O)c1ccc(C=[N+]=[N-])cc1. The van der Waals surface area contributed by atoms with Crippen molar-refractivity contribution in [1.82, 2.24) is 0 Å². The first kappa shape index (κ1) is 12.1. The Morgan fingerprint density at radius 1 is 1.31 bits per heavy atom. The maximum Gasteiger partial charge on any atom is 0.338 e. The van der Waals surface area contributed by atoms with E-state index in [1.165, 1.54) is 6.21 Å². The Labute approximate surface area is 94.5 Å². The van der Waals surface area contributed by atoms with Crippen LogP contribution in [0.4, 0.5) is 0 Å². The molecule has 0 aliphatic heterocycles. The van der Waals surface area contributed by atoms with E-state index in [-0.39, 0.29) is 5.97 Å². The third kappa shape index (κ3) is 3.67. The van der Waals surface area contributed by atoms with Gasteiger partial charge in [-0.2, -0.15) is 4.79 Å². The van der Waals surface area contributed by atoms with E-state index in [0.717, 1.165) is 5.56 Å². The lowest BCUT2D eigenvalue weighted by Gasteiger charge is -2.19. The average Bonchev–Trinajstić information content (AvgIpc) is 2.16. The molecule has 0 atom stereocenters. The van der Waals surface area contributed by atoms with Crippen LogP contribution >= 0.6 is 0 Å². The van der Waals surface area contributed by atoms with Crippen molar-refractivity contribution in [2.75, 3.05) is 0 Å². The summed E-state index contributed by atoms with van der Waals surface area (Å²) < 4.78 is 5.20. The number of carbonyl (C=O) groups is 1. The molecule has 1 aromatic rings.